The smallest absolute Gasteiger partial charge is 0.307 e. The molecule has 1 N–H and O–H groups in total. The minimum absolute atomic E-state index is 0.0586. The van der Waals surface area contributed by atoms with Crippen molar-refractivity contribution in [1.29, 1.82) is 0 Å². The molecule has 0 spiro atoms. The molecular formula is C20H31NO4. The molecule has 0 saturated carbocycles. The van der Waals surface area contributed by atoms with E-state index in [4.69, 9.17) is 9.84 Å². The number of carboxylic acid groups (broad SMARTS) is 1. The lowest BCUT2D eigenvalue weighted by molar-refractivity contribution is -0.143. The number of aliphatic carboxylic acids is 1. The molecule has 1 rings (SSSR count). The minimum Gasteiger partial charge on any atom is -0.481 e. The molecule has 0 aliphatic carbocycles. The van der Waals surface area contributed by atoms with Gasteiger partial charge in [0.1, 0.15) is 0 Å². The maximum atomic E-state index is 11.3. The van der Waals surface area contributed by atoms with Gasteiger partial charge in [0, 0.05) is 25.2 Å². The molecule has 0 fully saturated rings. The van der Waals surface area contributed by atoms with Crippen molar-refractivity contribution in [2.45, 2.75) is 58.8 Å². The van der Waals surface area contributed by atoms with Gasteiger partial charge >= 0.3 is 11.9 Å². The van der Waals surface area contributed by atoms with Gasteiger partial charge in [-0.15, -0.1) is 0 Å². The standard InChI is InChI=1S/C20H31NO4/c1-3-5-14-21(15-8-6-7-9-20(24)25-4-2)18-12-10-17(11-13-18)16-19(22)23/h10-13H,3-9,14-16H2,1-2H3,(H,22,23). The first-order valence-corrected chi connectivity index (χ1v) is 9.28. The fourth-order valence-corrected chi connectivity index (χ4v) is 2.70. The highest BCUT2D eigenvalue weighted by Crippen LogP contribution is 2.18. The van der Waals surface area contributed by atoms with Crippen LogP contribution in [0, 0.1) is 0 Å². The van der Waals surface area contributed by atoms with Gasteiger partial charge in [0.15, 0.2) is 0 Å². The van der Waals surface area contributed by atoms with Crippen molar-refractivity contribution in [3.8, 4) is 0 Å². The molecule has 0 aliphatic rings. The predicted octanol–water partition coefficient (Wildman–Crippen LogP) is 4.04. The number of carbonyl (C=O) groups is 2. The van der Waals surface area contributed by atoms with Crippen molar-refractivity contribution in [2.24, 2.45) is 0 Å². The van der Waals surface area contributed by atoms with Crippen LogP contribution in [-0.4, -0.2) is 36.7 Å². The summed E-state index contributed by atoms with van der Waals surface area (Å²) in [5.74, 6) is -0.920. The Balaban J connectivity index is 2.47. The summed E-state index contributed by atoms with van der Waals surface area (Å²) in [7, 11) is 0. The van der Waals surface area contributed by atoms with E-state index < -0.39 is 5.97 Å². The quantitative estimate of drug-likeness (QED) is 0.430. The lowest BCUT2D eigenvalue weighted by Gasteiger charge is -2.25. The van der Waals surface area contributed by atoms with Crippen molar-refractivity contribution < 1.29 is 19.4 Å². The van der Waals surface area contributed by atoms with E-state index in [9.17, 15) is 9.59 Å². The van der Waals surface area contributed by atoms with Gasteiger partial charge in [-0.05, 0) is 43.9 Å². The van der Waals surface area contributed by atoms with E-state index in [-0.39, 0.29) is 12.4 Å². The summed E-state index contributed by atoms with van der Waals surface area (Å²) in [5, 5.41) is 8.86. The van der Waals surface area contributed by atoms with E-state index >= 15 is 0 Å². The maximum Gasteiger partial charge on any atom is 0.307 e. The topological polar surface area (TPSA) is 66.8 Å². The van der Waals surface area contributed by atoms with E-state index in [2.05, 4.69) is 11.8 Å². The molecule has 0 heterocycles. The Morgan fingerprint density at radius 2 is 1.68 bits per heavy atom. The Kier molecular flexibility index (Phi) is 10.4. The molecular weight excluding hydrogens is 318 g/mol. The van der Waals surface area contributed by atoms with Gasteiger partial charge in [-0.2, -0.15) is 0 Å². The number of benzene rings is 1. The summed E-state index contributed by atoms with van der Waals surface area (Å²) in [5.41, 5.74) is 1.95. The zero-order valence-corrected chi connectivity index (χ0v) is 15.5. The third-order valence-corrected chi connectivity index (χ3v) is 4.05. The number of rotatable bonds is 13. The lowest BCUT2D eigenvalue weighted by atomic mass is 10.1. The molecule has 0 amide bonds. The van der Waals surface area contributed by atoms with E-state index in [0.29, 0.717) is 13.0 Å². The van der Waals surface area contributed by atoms with E-state index in [0.717, 1.165) is 56.4 Å². The van der Waals surface area contributed by atoms with Gasteiger partial charge < -0.3 is 14.7 Å². The van der Waals surface area contributed by atoms with Crippen molar-refractivity contribution in [2.75, 3.05) is 24.6 Å². The van der Waals surface area contributed by atoms with E-state index in [1.807, 2.05) is 31.2 Å². The fourth-order valence-electron chi connectivity index (χ4n) is 2.70. The number of ether oxygens (including phenoxy) is 1. The zero-order valence-electron chi connectivity index (χ0n) is 15.5. The molecule has 140 valence electrons. The molecule has 0 atom stereocenters. The lowest BCUT2D eigenvalue weighted by Crippen LogP contribution is -2.25. The fraction of sp³-hybridized carbons (Fsp3) is 0.600. The monoisotopic (exact) mass is 349 g/mol. The van der Waals surface area contributed by atoms with Crippen LogP contribution in [0.3, 0.4) is 0 Å². The Hall–Kier alpha value is -2.04. The molecule has 0 bridgehead atoms. The Bertz CT molecular complexity index is 513. The SMILES string of the molecule is CCCCN(CCCCCC(=O)OCC)c1ccc(CC(=O)O)cc1. The highest BCUT2D eigenvalue weighted by molar-refractivity contribution is 5.70. The van der Waals surface area contributed by atoms with Crippen LogP contribution in [0.2, 0.25) is 0 Å². The maximum absolute atomic E-state index is 11.3. The second kappa shape index (κ2) is 12.3. The molecule has 5 heteroatoms. The Morgan fingerprint density at radius 3 is 2.28 bits per heavy atom. The first kappa shape index (κ1) is 21.0. The predicted molar refractivity (Wildman–Crippen MR) is 100 cm³/mol. The largest absolute Gasteiger partial charge is 0.481 e. The molecule has 5 nitrogen and oxygen atoms in total. The van der Waals surface area contributed by atoms with Gasteiger partial charge in [0.05, 0.1) is 13.0 Å². The number of hydrogen-bond acceptors (Lipinski definition) is 4. The van der Waals surface area contributed by atoms with Crippen molar-refractivity contribution in [3.63, 3.8) is 0 Å². The first-order chi connectivity index (χ1) is 12.1. The number of unbranched alkanes of at least 4 members (excludes halogenated alkanes) is 3. The zero-order chi connectivity index (χ0) is 18.5. The van der Waals surface area contributed by atoms with Crippen molar-refractivity contribution in [1.82, 2.24) is 0 Å². The average molecular weight is 349 g/mol. The van der Waals surface area contributed by atoms with Gasteiger partial charge in [0.2, 0.25) is 0 Å². The summed E-state index contributed by atoms with van der Waals surface area (Å²) in [6.45, 7) is 6.38. The summed E-state index contributed by atoms with van der Waals surface area (Å²) in [6, 6.07) is 7.80. The Morgan fingerprint density at radius 1 is 1.00 bits per heavy atom. The molecule has 1 aromatic rings. The number of carbonyl (C=O) groups excluding carboxylic acids is 1. The highest BCUT2D eigenvalue weighted by atomic mass is 16.5. The summed E-state index contributed by atoms with van der Waals surface area (Å²) in [4.78, 5) is 24.5. The number of nitrogens with zero attached hydrogens (tertiary/aromatic N) is 1. The van der Waals surface area contributed by atoms with Crippen LogP contribution in [0.15, 0.2) is 24.3 Å². The molecule has 25 heavy (non-hydrogen) atoms. The number of anilines is 1. The molecule has 0 radical (unpaired) electrons. The van der Waals surface area contributed by atoms with Gasteiger partial charge in [-0.1, -0.05) is 31.9 Å². The van der Waals surface area contributed by atoms with Gasteiger partial charge in [0.25, 0.3) is 0 Å². The highest BCUT2D eigenvalue weighted by Gasteiger charge is 2.08. The first-order valence-electron chi connectivity index (χ1n) is 9.28. The molecule has 0 saturated heterocycles. The number of esters is 1. The third kappa shape index (κ3) is 9.13. The molecule has 0 unspecified atom stereocenters. The van der Waals surface area contributed by atoms with Crippen LogP contribution in [0.5, 0.6) is 0 Å². The molecule has 1 aromatic carbocycles. The van der Waals surface area contributed by atoms with Crippen LogP contribution in [0.4, 0.5) is 5.69 Å². The van der Waals surface area contributed by atoms with Crippen LogP contribution >= 0.6 is 0 Å². The normalized spacial score (nSPS) is 10.5. The number of carboxylic acids is 1. The van der Waals surface area contributed by atoms with E-state index in [1.54, 1.807) is 0 Å². The average Bonchev–Trinajstić information content (AvgIpc) is 2.58. The molecule has 0 aliphatic heterocycles. The summed E-state index contributed by atoms with van der Waals surface area (Å²) < 4.78 is 4.94. The molecule has 0 aromatic heterocycles. The Labute approximate surface area is 151 Å². The van der Waals surface area contributed by atoms with Gasteiger partial charge in [-0.3, -0.25) is 9.59 Å². The van der Waals surface area contributed by atoms with Crippen LogP contribution < -0.4 is 4.90 Å². The second-order valence-corrected chi connectivity index (χ2v) is 6.19. The second-order valence-electron chi connectivity index (χ2n) is 6.19. The van der Waals surface area contributed by atoms with Gasteiger partial charge in [-0.25, -0.2) is 0 Å². The van der Waals surface area contributed by atoms with Crippen molar-refractivity contribution in [3.05, 3.63) is 29.8 Å². The minimum atomic E-state index is -0.808. The van der Waals surface area contributed by atoms with E-state index in [1.165, 1.54) is 0 Å². The van der Waals surface area contributed by atoms with Crippen LogP contribution in [0.1, 0.15) is 57.9 Å². The summed E-state index contributed by atoms with van der Waals surface area (Å²) in [6.07, 6.45) is 5.70. The van der Waals surface area contributed by atoms with Crippen LogP contribution in [0.25, 0.3) is 0 Å². The van der Waals surface area contributed by atoms with Crippen LogP contribution in [-0.2, 0) is 20.7 Å². The number of hydrogen-bond donors (Lipinski definition) is 1. The van der Waals surface area contributed by atoms with Crippen molar-refractivity contribution >= 4 is 17.6 Å². The summed E-state index contributed by atoms with van der Waals surface area (Å²) >= 11 is 0. The third-order valence-electron chi connectivity index (χ3n) is 4.05.